The SMILES string of the molecule is CSc1c2sc(C3=C(C(=O)[O-])N4C(=O)[C@H]([C@@H](C)O)[C@H]4[C@H]3C)cn2c[n+]1CCCCCN. The van der Waals surface area contributed by atoms with Gasteiger partial charge in [0, 0.05) is 11.5 Å². The van der Waals surface area contributed by atoms with Crippen molar-refractivity contribution in [2.45, 2.75) is 56.8 Å². The molecule has 3 N–H and O–H groups in total. The maximum atomic E-state index is 12.6. The number of carboxylic acids is 1. The molecule has 1 fully saturated rings. The molecule has 1 saturated heterocycles. The first-order valence-corrected chi connectivity index (χ1v) is 12.6. The van der Waals surface area contributed by atoms with Gasteiger partial charge in [-0.15, -0.1) is 0 Å². The molecule has 168 valence electrons. The predicted octanol–water partition coefficient (Wildman–Crippen LogP) is 0.458. The van der Waals surface area contributed by atoms with E-state index in [0.29, 0.717) is 12.1 Å². The van der Waals surface area contributed by atoms with Crippen LogP contribution in [0.5, 0.6) is 0 Å². The average molecular weight is 465 g/mol. The van der Waals surface area contributed by atoms with Gasteiger partial charge < -0.3 is 25.6 Å². The van der Waals surface area contributed by atoms with E-state index in [4.69, 9.17) is 5.73 Å². The Balaban J connectivity index is 1.70. The van der Waals surface area contributed by atoms with Crippen molar-refractivity contribution in [2.24, 2.45) is 17.6 Å². The van der Waals surface area contributed by atoms with Gasteiger partial charge in [-0.3, -0.25) is 4.79 Å². The molecule has 4 atom stereocenters. The lowest BCUT2D eigenvalue weighted by Crippen LogP contribution is -2.64. The third-order valence-corrected chi connectivity index (χ3v) is 8.42. The third-order valence-electron chi connectivity index (χ3n) is 6.33. The number of aryl methyl sites for hydroxylation is 1. The van der Waals surface area contributed by atoms with Crippen molar-refractivity contribution in [2.75, 3.05) is 12.8 Å². The van der Waals surface area contributed by atoms with Crippen molar-refractivity contribution in [3.63, 3.8) is 0 Å². The molecule has 0 unspecified atom stereocenters. The second-order valence-corrected chi connectivity index (χ2v) is 10.1. The lowest BCUT2D eigenvalue weighted by molar-refractivity contribution is -0.730. The monoisotopic (exact) mass is 464 g/mol. The maximum Gasteiger partial charge on any atom is 0.250 e. The Labute approximate surface area is 189 Å². The van der Waals surface area contributed by atoms with Crippen LogP contribution in [0, 0.1) is 11.8 Å². The van der Waals surface area contributed by atoms with Crippen molar-refractivity contribution < 1.29 is 24.4 Å². The fourth-order valence-corrected chi connectivity index (χ4v) is 7.11. The highest BCUT2D eigenvalue weighted by Crippen LogP contribution is 2.51. The normalized spacial score (nSPS) is 24.1. The number of carboxylic acid groups (broad SMARTS) is 1. The highest BCUT2D eigenvalue weighted by molar-refractivity contribution is 7.98. The van der Waals surface area contributed by atoms with Crippen LogP contribution in [0.25, 0.3) is 10.4 Å². The van der Waals surface area contributed by atoms with E-state index in [0.717, 1.165) is 40.5 Å². The van der Waals surface area contributed by atoms with Crippen molar-refractivity contribution in [1.29, 1.82) is 0 Å². The Morgan fingerprint density at radius 1 is 1.42 bits per heavy atom. The molecule has 2 aliphatic heterocycles. The molecule has 0 radical (unpaired) electrons. The Kier molecular flexibility index (Phi) is 6.17. The summed E-state index contributed by atoms with van der Waals surface area (Å²) in [6.07, 6.45) is 8.35. The van der Waals surface area contributed by atoms with Crippen molar-refractivity contribution in [1.82, 2.24) is 9.30 Å². The first-order valence-electron chi connectivity index (χ1n) is 10.6. The van der Waals surface area contributed by atoms with Crippen LogP contribution in [0.3, 0.4) is 0 Å². The summed E-state index contributed by atoms with van der Waals surface area (Å²) >= 11 is 3.19. The molecule has 4 heterocycles. The van der Waals surface area contributed by atoms with Gasteiger partial charge in [0.25, 0.3) is 6.33 Å². The van der Waals surface area contributed by atoms with Gasteiger partial charge in [-0.25, -0.2) is 4.57 Å². The van der Waals surface area contributed by atoms with Crippen LogP contribution in [0.2, 0.25) is 0 Å². The van der Waals surface area contributed by atoms with Gasteiger partial charge in [-0.05, 0) is 39.0 Å². The van der Waals surface area contributed by atoms with Crippen LogP contribution in [-0.4, -0.2) is 51.2 Å². The third kappa shape index (κ3) is 3.49. The number of unbranched alkanes of at least 4 members (excludes halogenated alkanes) is 2. The molecule has 2 aliphatic rings. The Morgan fingerprint density at radius 3 is 2.77 bits per heavy atom. The van der Waals surface area contributed by atoms with Crippen molar-refractivity contribution in [3.05, 3.63) is 23.1 Å². The number of hydrogen-bond donors (Lipinski definition) is 2. The highest BCUT2D eigenvalue weighted by atomic mass is 32.2. The standard InChI is InChI=1S/C21H28N4O4S2/c1-11-14(17(21(28)29)25-16(11)15(12(2)26)18(25)27)13-9-24-10-23(8-6-4-5-7-22)19(30-3)20(24)31-13/h9-12,15-16,26H,4-8,22H2,1-3H3/t11-,12+,15+,16+/m0/s1. The van der Waals surface area contributed by atoms with Crippen LogP contribution in [0.1, 0.15) is 38.0 Å². The minimum Gasteiger partial charge on any atom is -0.543 e. The van der Waals surface area contributed by atoms with Crippen molar-refractivity contribution in [3.8, 4) is 0 Å². The van der Waals surface area contributed by atoms with E-state index < -0.39 is 18.0 Å². The average Bonchev–Trinajstić information content (AvgIpc) is 3.32. The molecule has 0 aliphatic carbocycles. The minimum atomic E-state index is -1.35. The molecule has 10 heteroatoms. The number of imidazole rings is 1. The number of aliphatic hydroxyl groups is 1. The number of aliphatic hydroxyl groups excluding tert-OH is 1. The molecule has 4 rings (SSSR count). The van der Waals surface area contributed by atoms with Gasteiger partial charge in [-0.1, -0.05) is 30.0 Å². The number of carbonyl (C=O) groups excluding carboxylic acids is 2. The number of rotatable bonds is 9. The van der Waals surface area contributed by atoms with Gasteiger partial charge in [0.05, 0.1) is 41.2 Å². The Morgan fingerprint density at radius 2 is 2.16 bits per heavy atom. The number of amides is 1. The number of carbonyl (C=O) groups is 2. The van der Waals surface area contributed by atoms with Crippen LogP contribution in [0.4, 0.5) is 0 Å². The maximum absolute atomic E-state index is 12.6. The molecule has 0 spiro atoms. The van der Waals surface area contributed by atoms with E-state index in [2.05, 4.69) is 4.57 Å². The molecule has 8 nitrogen and oxygen atoms in total. The van der Waals surface area contributed by atoms with Gasteiger partial charge >= 0.3 is 0 Å². The van der Waals surface area contributed by atoms with Gasteiger partial charge in [0.15, 0.2) is 0 Å². The summed E-state index contributed by atoms with van der Waals surface area (Å²) in [7, 11) is 0. The first kappa shape index (κ1) is 22.3. The van der Waals surface area contributed by atoms with Crippen LogP contribution < -0.4 is 15.4 Å². The molecule has 1 amide bonds. The smallest absolute Gasteiger partial charge is 0.250 e. The largest absolute Gasteiger partial charge is 0.543 e. The number of aromatic nitrogens is 2. The summed E-state index contributed by atoms with van der Waals surface area (Å²) in [5, 5.41) is 23.2. The number of thioether (sulfide) groups is 1. The summed E-state index contributed by atoms with van der Waals surface area (Å²) in [4.78, 5) is 27.7. The number of thiazole rings is 1. The summed E-state index contributed by atoms with van der Waals surface area (Å²) in [6, 6.07) is -0.343. The van der Waals surface area contributed by atoms with Gasteiger partial charge in [0.2, 0.25) is 15.8 Å². The first-order chi connectivity index (χ1) is 14.8. The molecular weight excluding hydrogens is 436 g/mol. The predicted molar refractivity (Wildman–Crippen MR) is 117 cm³/mol. The summed E-state index contributed by atoms with van der Waals surface area (Å²) in [5.41, 5.74) is 6.15. The minimum absolute atomic E-state index is 0.0516. The molecule has 0 aromatic carbocycles. The second-order valence-electron chi connectivity index (χ2n) is 8.28. The zero-order chi connectivity index (χ0) is 22.4. The van der Waals surface area contributed by atoms with Crippen LogP contribution >= 0.6 is 23.1 Å². The Hall–Kier alpha value is -1.88. The number of nitrogens with zero attached hydrogens (tertiary/aromatic N) is 3. The molecule has 0 saturated carbocycles. The number of aliphatic carboxylic acids is 1. The van der Waals surface area contributed by atoms with E-state index in [1.165, 1.54) is 16.2 Å². The van der Waals surface area contributed by atoms with Gasteiger partial charge in [-0.2, -0.15) is 4.40 Å². The molecule has 2 aromatic rings. The van der Waals surface area contributed by atoms with Crippen molar-refractivity contribution >= 4 is 45.4 Å². The molecule has 0 bridgehead atoms. The quantitative estimate of drug-likeness (QED) is 0.241. The van der Waals surface area contributed by atoms with E-state index in [-0.39, 0.29) is 23.6 Å². The summed E-state index contributed by atoms with van der Waals surface area (Å²) in [5.74, 6) is -2.47. The second kappa shape index (κ2) is 8.57. The summed E-state index contributed by atoms with van der Waals surface area (Å²) < 4.78 is 4.26. The molecular formula is C21H28N4O4S2. The topological polar surface area (TPSA) is 115 Å². The van der Waals surface area contributed by atoms with E-state index in [9.17, 15) is 19.8 Å². The zero-order valence-electron chi connectivity index (χ0n) is 17.9. The lowest BCUT2D eigenvalue weighted by atomic mass is 9.77. The van der Waals surface area contributed by atoms with Gasteiger partial charge in [0.1, 0.15) is 6.20 Å². The summed E-state index contributed by atoms with van der Waals surface area (Å²) in [6.45, 7) is 5.12. The van der Waals surface area contributed by atoms with E-state index >= 15 is 0 Å². The highest BCUT2D eigenvalue weighted by Gasteiger charge is 2.59. The number of fused-ring (bicyclic) bond motifs is 2. The zero-order valence-corrected chi connectivity index (χ0v) is 19.5. The fourth-order valence-electron chi connectivity index (χ4n) is 4.91. The van der Waals surface area contributed by atoms with Crippen LogP contribution in [0.15, 0.2) is 23.2 Å². The lowest BCUT2D eigenvalue weighted by Gasteiger charge is -2.47. The molecule has 31 heavy (non-hydrogen) atoms. The number of nitrogens with two attached hydrogens (primary N) is 1. The Bertz CT molecular complexity index is 1060. The fraction of sp³-hybridized carbons (Fsp3) is 0.571. The van der Waals surface area contributed by atoms with E-state index in [1.807, 2.05) is 30.1 Å². The van der Waals surface area contributed by atoms with E-state index in [1.54, 1.807) is 18.7 Å². The number of hydrogen-bond acceptors (Lipinski definition) is 7. The number of β-lactam (4-membered cyclic amide) rings is 1. The van der Waals surface area contributed by atoms with Crippen LogP contribution in [-0.2, 0) is 16.1 Å². The molecule has 2 aromatic heterocycles.